The number of nitrogens with one attached hydrogen (secondary N) is 1. The maximum Gasteiger partial charge on any atom is 0.0966 e. The van der Waals surface area contributed by atoms with Crippen molar-refractivity contribution in [3.8, 4) is 0 Å². The van der Waals surface area contributed by atoms with Crippen LogP contribution in [0.2, 0.25) is 0 Å². The third-order valence-electron chi connectivity index (χ3n) is 3.24. The summed E-state index contributed by atoms with van der Waals surface area (Å²) < 4.78 is 0. The fourth-order valence-electron chi connectivity index (χ4n) is 2.20. The van der Waals surface area contributed by atoms with E-state index in [9.17, 15) is 0 Å². The van der Waals surface area contributed by atoms with Gasteiger partial charge in [0.15, 0.2) is 0 Å². The van der Waals surface area contributed by atoms with Crippen LogP contribution in [-0.2, 0) is 0 Å². The van der Waals surface area contributed by atoms with E-state index in [1.54, 1.807) is 0 Å². The van der Waals surface area contributed by atoms with Crippen molar-refractivity contribution in [3.63, 3.8) is 0 Å². The van der Waals surface area contributed by atoms with E-state index in [0.29, 0.717) is 6.04 Å². The van der Waals surface area contributed by atoms with Crippen LogP contribution in [0.25, 0.3) is 0 Å². The maximum atomic E-state index is 4.48. The summed E-state index contributed by atoms with van der Waals surface area (Å²) in [7, 11) is 0. The molecular formula is C14H28N2. The van der Waals surface area contributed by atoms with E-state index in [2.05, 4.69) is 24.2 Å². The molecule has 1 unspecified atom stereocenters. The van der Waals surface area contributed by atoms with Gasteiger partial charge in [-0.1, -0.05) is 51.9 Å². The standard InChI is InChI=1S/C14H28N2/c1-3-4-5-6-7-8-9-10-11-14-15-12-13(2)16-14/h13H,3-12H2,1-2H3,(H,15,16). The van der Waals surface area contributed by atoms with Crippen molar-refractivity contribution in [2.75, 3.05) is 6.54 Å². The third-order valence-corrected chi connectivity index (χ3v) is 3.24. The lowest BCUT2D eigenvalue weighted by Crippen LogP contribution is -2.26. The van der Waals surface area contributed by atoms with Crippen LogP contribution < -0.4 is 5.32 Å². The number of amidine groups is 1. The molecule has 1 N–H and O–H groups in total. The normalized spacial score (nSPS) is 19.6. The molecule has 1 atom stereocenters. The average Bonchev–Trinajstić information content (AvgIpc) is 2.68. The van der Waals surface area contributed by atoms with Crippen LogP contribution in [0, 0.1) is 0 Å². The predicted molar refractivity (Wildman–Crippen MR) is 72.1 cm³/mol. The van der Waals surface area contributed by atoms with E-state index in [4.69, 9.17) is 0 Å². The maximum absolute atomic E-state index is 4.48. The second-order valence-electron chi connectivity index (χ2n) is 5.06. The number of hydrogen-bond donors (Lipinski definition) is 1. The molecule has 0 aromatic carbocycles. The topological polar surface area (TPSA) is 24.4 Å². The molecule has 94 valence electrons. The van der Waals surface area contributed by atoms with Gasteiger partial charge >= 0.3 is 0 Å². The van der Waals surface area contributed by atoms with Gasteiger partial charge in [-0.2, -0.15) is 0 Å². The van der Waals surface area contributed by atoms with Gasteiger partial charge in [-0.15, -0.1) is 0 Å². The number of nitrogens with zero attached hydrogens (tertiary/aromatic N) is 1. The van der Waals surface area contributed by atoms with Gasteiger partial charge in [-0.25, -0.2) is 0 Å². The summed E-state index contributed by atoms with van der Waals surface area (Å²) in [5.74, 6) is 1.25. The van der Waals surface area contributed by atoms with Crippen molar-refractivity contribution in [2.24, 2.45) is 4.99 Å². The van der Waals surface area contributed by atoms with Gasteiger partial charge in [0.2, 0.25) is 0 Å². The first-order chi connectivity index (χ1) is 7.83. The van der Waals surface area contributed by atoms with Crippen molar-refractivity contribution in [1.29, 1.82) is 0 Å². The molecule has 1 aliphatic heterocycles. The Bertz CT molecular complexity index is 199. The molecular weight excluding hydrogens is 196 g/mol. The second kappa shape index (κ2) is 8.60. The first kappa shape index (κ1) is 13.5. The highest BCUT2D eigenvalue weighted by atomic mass is 15.1. The van der Waals surface area contributed by atoms with Gasteiger partial charge in [0, 0.05) is 12.5 Å². The number of rotatable bonds is 9. The van der Waals surface area contributed by atoms with Crippen molar-refractivity contribution < 1.29 is 0 Å². The molecule has 0 aliphatic carbocycles. The molecule has 0 aromatic rings. The summed E-state index contributed by atoms with van der Waals surface area (Å²) in [6, 6.07) is 0.573. The highest BCUT2D eigenvalue weighted by molar-refractivity contribution is 5.83. The molecule has 0 fully saturated rings. The Kier molecular flexibility index (Phi) is 7.28. The smallest absolute Gasteiger partial charge is 0.0966 e. The molecule has 0 amide bonds. The Morgan fingerprint density at radius 1 is 1.06 bits per heavy atom. The molecule has 0 saturated heterocycles. The minimum Gasteiger partial charge on any atom is -0.370 e. The van der Waals surface area contributed by atoms with Crippen molar-refractivity contribution in [1.82, 2.24) is 5.32 Å². The molecule has 1 aliphatic rings. The van der Waals surface area contributed by atoms with E-state index >= 15 is 0 Å². The van der Waals surface area contributed by atoms with E-state index in [-0.39, 0.29) is 0 Å². The Hall–Kier alpha value is -0.530. The van der Waals surface area contributed by atoms with Crippen molar-refractivity contribution >= 4 is 5.84 Å². The summed E-state index contributed by atoms with van der Waals surface area (Å²) in [5.41, 5.74) is 0. The zero-order valence-electron chi connectivity index (χ0n) is 11.1. The van der Waals surface area contributed by atoms with Crippen LogP contribution in [0.4, 0.5) is 0 Å². The first-order valence-corrected chi connectivity index (χ1v) is 7.12. The lowest BCUT2D eigenvalue weighted by molar-refractivity contribution is 0.578. The summed E-state index contributed by atoms with van der Waals surface area (Å²) in [6.07, 6.45) is 12.3. The van der Waals surface area contributed by atoms with Crippen molar-refractivity contribution in [3.05, 3.63) is 0 Å². The quantitative estimate of drug-likeness (QED) is 0.590. The molecule has 0 bridgehead atoms. The lowest BCUT2D eigenvalue weighted by Gasteiger charge is -2.05. The molecule has 1 heterocycles. The van der Waals surface area contributed by atoms with Gasteiger partial charge in [0.25, 0.3) is 0 Å². The van der Waals surface area contributed by atoms with Crippen LogP contribution in [0.15, 0.2) is 4.99 Å². The molecule has 2 heteroatoms. The van der Waals surface area contributed by atoms with Gasteiger partial charge < -0.3 is 5.32 Å². The Balaban J connectivity index is 1.81. The molecule has 0 spiro atoms. The predicted octanol–water partition coefficient (Wildman–Crippen LogP) is 3.91. The molecule has 1 rings (SSSR count). The number of aliphatic imine (C=N–C) groups is 1. The zero-order chi connectivity index (χ0) is 11.6. The van der Waals surface area contributed by atoms with Gasteiger partial charge in [-0.05, 0) is 13.3 Å². The van der Waals surface area contributed by atoms with Crippen molar-refractivity contribution in [2.45, 2.75) is 77.7 Å². The van der Waals surface area contributed by atoms with Crippen LogP contribution in [0.5, 0.6) is 0 Å². The van der Waals surface area contributed by atoms with Gasteiger partial charge in [0.1, 0.15) is 0 Å². The summed E-state index contributed by atoms with van der Waals surface area (Å²) >= 11 is 0. The third kappa shape index (κ3) is 6.14. The van der Waals surface area contributed by atoms with E-state index in [0.717, 1.165) is 6.54 Å². The number of unbranched alkanes of at least 4 members (excludes halogenated alkanes) is 7. The molecule has 16 heavy (non-hydrogen) atoms. The van der Waals surface area contributed by atoms with Gasteiger partial charge in [0.05, 0.1) is 12.4 Å². The SMILES string of the molecule is CCCCCCCCCCC1=NCC(C)N1. The molecule has 2 nitrogen and oxygen atoms in total. The Labute approximate surface area is 101 Å². The Morgan fingerprint density at radius 3 is 2.25 bits per heavy atom. The fraction of sp³-hybridized carbons (Fsp3) is 0.929. The van der Waals surface area contributed by atoms with Crippen LogP contribution in [-0.4, -0.2) is 18.4 Å². The largest absolute Gasteiger partial charge is 0.370 e. The molecule has 0 saturated carbocycles. The first-order valence-electron chi connectivity index (χ1n) is 7.12. The van der Waals surface area contributed by atoms with Crippen LogP contribution in [0.3, 0.4) is 0 Å². The molecule has 0 aromatic heterocycles. The van der Waals surface area contributed by atoms with Gasteiger partial charge in [-0.3, -0.25) is 4.99 Å². The van der Waals surface area contributed by atoms with E-state index in [1.807, 2.05) is 0 Å². The van der Waals surface area contributed by atoms with E-state index in [1.165, 1.54) is 63.6 Å². The summed E-state index contributed by atoms with van der Waals surface area (Å²) in [4.78, 5) is 4.48. The highest BCUT2D eigenvalue weighted by Gasteiger charge is 2.10. The van der Waals surface area contributed by atoms with Crippen LogP contribution in [0.1, 0.15) is 71.6 Å². The highest BCUT2D eigenvalue weighted by Crippen LogP contribution is 2.10. The molecule has 0 radical (unpaired) electrons. The summed E-state index contributed by atoms with van der Waals surface area (Å²) in [6.45, 7) is 5.45. The zero-order valence-corrected chi connectivity index (χ0v) is 11.1. The minimum atomic E-state index is 0.573. The average molecular weight is 224 g/mol. The van der Waals surface area contributed by atoms with E-state index < -0.39 is 0 Å². The lowest BCUT2D eigenvalue weighted by atomic mass is 10.1. The number of hydrogen-bond acceptors (Lipinski definition) is 2. The Morgan fingerprint density at radius 2 is 1.69 bits per heavy atom. The fourth-order valence-corrected chi connectivity index (χ4v) is 2.20. The minimum absolute atomic E-state index is 0.573. The summed E-state index contributed by atoms with van der Waals surface area (Å²) in [5, 5.41) is 3.42. The van der Waals surface area contributed by atoms with Crippen LogP contribution >= 0.6 is 0 Å². The monoisotopic (exact) mass is 224 g/mol. The second-order valence-corrected chi connectivity index (χ2v) is 5.06.